The van der Waals surface area contributed by atoms with E-state index in [4.69, 9.17) is 5.73 Å². The maximum Gasteiger partial charge on any atom is 0.251 e. The monoisotopic (exact) mass is 333 g/mol. The van der Waals surface area contributed by atoms with Crippen molar-refractivity contribution in [2.24, 2.45) is 0 Å². The SMILES string of the molecule is Nc1cccc(C(=O)NCCc2c3c(n4ccccc24)CCCC3)c1. The summed E-state index contributed by atoms with van der Waals surface area (Å²) >= 11 is 0. The van der Waals surface area contributed by atoms with E-state index in [-0.39, 0.29) is 5.91 Å². The van der Waals surface area contributed by atoms with Crippen molar-refractivity contribution >= 4 is 17.1 Å². The molecule has 128 valence electrons. The van der Waals surface area contributed by atoms with Crippen LogP contribution < -0.4 is 11.1 Å². The lowest BCUT2D eigenvalue weighted by atomic mass is 9.93. The summed E-state index contributed by atoms with van der Waals surface area (Å²) in [7, 11) is 0. The highest BCUT2D eigenvalue weighted by atomic mass is 16.1. The second-order valence-corrected chi connectivity index (χ2v) is 6.70. The summed E-state index contributed by atoms with van der Waals surface area (Å²) in [6.45, 7) is 0.634. The van der Waals surface area contributed by atoms with Crippen LogP contribution in [0.2, 0.25) is 0 Å². The Morgan fingerprint density at radius 3 is 2.88 bits per heavy atom. The number of hydrogen-bond acceptors (Lipinski definition) is 2. The van der Waals surface area contributed by atoms with Gasteiger partial charge in [0.2, 0.25) is 0 Å². The molecule has 25 heavy (non-hydrogen) atoms. The molecular weight excluding hydrogens is 310 g/mol. The van der Waals surface area contributed by atoms with Crippen LogP contribution in [-0.4, -0.2) is 16.9 Å². The van der Waals surface area contributed by atoms with Gasteiger partial charge in [0.15, 0.2) is 0 Å². The topological polar surface area (TPSA) is 59.5 Å². The molecule has 0 saturated heterocycles. The molecule has 0 radical (unpaired) electrons. The quantitative estimate of drug-likeness (QED) is 0.719. The number of fused-ring (bicyclic) bond motifs is 3. The first-order valence-corrected chi connectivity index (χ1v) is 8.97. The third-order valence-corrected chi connectivity index (χ3v) is 5.07. The minimum Gasteiger partial charge on any atom is -0.399 e. The molecule has 1 aliphatic rings. The number of nitrogen functional groups attached to an aromatic ring is 1. The first kappa shape index (κ1) is 15.8. The van der Waals surface area contributed by atoms with Crippen molar-refractivity contribution < 1.29 is 4.79 Å². The first-order chi connectivity index (χ1) is 12.2. The van der Waals surface area contributed by atoms with E-state index in [0.717, 1.165) is 19.3 Å². The van der Waals surface area contributed by atoms with Crippen LogP contribution >= 0.6 is 0 Å². The van der Waals surface area contributed by atoms with Crippen LogP contribution in [0.5, 0.6) is 0 Å². The molecule has 4 rings (SSSR count). The van der Waals surface area contributed by atoms with Gasteiger partial charge in [0.1, 0.15) is 0 Å². The highest BCUT2D eigenvalue weighted by molar-refractivity contribution is 5.95. The van der Waals surface area contributed by atoms with E-state index in [2.05, 4.69) is 34.1 Å². The van der Waals surface area contributed by atoms with E-state index < -0.39 is 0 Å². The second-order valence-electron chi connectivity index (χ2n) is 6.70. The minimum absolute atomic E-state index is 0.0651. The van der Waals surface area contributed by atoms with Crippen molar-refractivity contribution in [3.05, 3.63) is 71.0 Å². The van der Waals surface area contributed by atoms with E-state index in [9.17, 15) is 4.79 Å². The zero-order valence-electron chi connectivity index (χ0n) is 14.3. The van der Waals surface area contributed by atoms with Gasteiger partial charge in [0, 0.05) is 35.2 Å². The largest absolute Gasteiger partial charge is 0.399 e. The zero-order valence-corrected chi connectivity index (χ0v) is 14.3. The number of carbonyl (C=O) groups is 1. The van der Waals surface area contributed by atoms with Crippen LogP contribution in [0.25, 0.3) is 5.52 Å². The van der Waals surface area contributed by atoms with E-state index in [1.165, 1.54) is 35.2 Å². The lowest BCUT2D eigenvalue weighted by Crippen LogP contribution is -2.26. The Bertz CT molecular complexity index is 926. The number of hydrogen-bond donors (Lipinski definition) is 2. The molecule has 1 amide bonds. The Labute approximate surface area is 147 Å². The molecule has 0 unspecified atom stereocenters. The van der Waals surface area contributed by atoms with Crippen LogP contribution in [0.3, 0.4) is 0 Å². The van der Waals surface area contributed by atoms with E-state index in [0.29, 0.717) is 17.8 Å². The summed E-state index contributed by atoms with van der Waals surface area (Å²) < 4.78 is 2.34. The number of amides is 1. The number of anilines is 1. The van der Waals surface area contributed by atoms with Gasteiger partial charge in [0.25, 0.3) is 5.91 Å². The van der Waals surface area contributed by atoms with Gasteiger partial charge in [-0.15, -0.1) is 0 Å². The van der Waals surface area contributed by atoms with Crippen molar-refractivity contribution in [1.82, 2.24) is 9.72 Å². The zero-order chi connectivity index (χ0) is 17.2. The second kappa shape index (κ2) is 6.63. The lowest BCUT2D eigenvalue weighted by molar-refractivity contribution is 0.0954. The molecular formula is C21H23N3O. The molecule has 3 N–H and O–H groups in total. The maximum atomic E-state index is 12.3. The van der Waals surface area contributed by atoms with Crippen LogP contribution in [0.1, 0.15) is 40.0 Å². The van der Waals surface area contributed by atoms with Crippen molar-refractivity contribution in [3.63, 3.8) is 0 Å². The van der Waals surface area contributed by atoms with Crippen LogP contribution in [0.15, 0.2) is 48.7 Å². The number of aromatic nitrogens is 1. The minimum atomic E-state index is -0.0651. The summed E-state index contributed by atoms with van der Waals surface area (Å²) in [4.78, 5) is 12.3. The van der Waals surface area contributed by atoms with E-state index in [1.54, 1.807) is 18.2 Å². The summed E-state index contributed by atoms with van der Waals surface area (Å²) in [6, 6.07) is 13.5. The third kappa shape index (κ3) is 3.00. The summed E-state index contributed by atoms with van der Waals surface area (Å²) in [5, 5.41) is 3.03. The Morgan fingerprint density at radius 1 is 1.12 bits per heavy atom. The van der Waals surface area contributed by atoms with Gasteiger partial charge in [-0.25, -0.2) is 0 Å². The predicted octanol–water partition coefficient (Wildman–Crippen LogP) is 3.37. The standard InChI is InChI=1S/C21H23N3O/c22-16-7-5-6-15(14-16)21(25)23-12-11-18-17-8-1-2-9-19(17)24-13-4-3-10-20(18)24/h3-7,10,13-14H,1-2,8-9,11-12,22H2,(H,23,25). The predicted molar refractivity (Wildman–Crippen MR) is 101 cm³/mol. The number of pyridine rings is 1. The third-order valence-electron chi connectivity index (χ3n) is 5.07. The molecule has 0 saturated carbocycles. The highest BCUT2D eigenvalue weighted by Gasteiger charge is 2.20. The molecule has 1 aliphatic carbocycles. The summed E-state index contributed by atoms with van der Waals surface area (Å²) in [5.41, 5.74) is 12.6. The molecule has 3 aromatic rings. The normalized spacial score (nSPS) is 13.6. The van der Waals surface area contributed by atoms with Crippen molar-refractivity contribution in [1.29, 1.82) is 0 Å². The number of nitrogens with two attached hydrogens (primary N) is 1. The summed E-state index contributed by atoms with van der Waals surface area (Å²) in [5.74, 6) is -0.0651. The molecule has 2 heterocycles. The number of aryl methyl sites for hydroxylation is 1. The van der Waals surface area contributed by atoms with Crippen LogP contribution in [0, 0.1) is 0 Å². The van der Waals surface area contributed by atoms with Gasteiger partial charge in [0.05, 0.1) is 0 Å². The Kier molecular flexibility index (Phi) is 4.18. The fraction of sp³-hybridized carbons (Fsp3) is 0.286. The molecule has 0 aliphatic heterocycles. The average Bonchev–Trinajstić information content (AvgIpc) is 2.96. The molecule has 4 nitrogen and oxygen atoms in total. The highest BCUT2D eigenvalue weighted by Crippen LogP contribution is 2.30. The van der Waals surface area contributed by atoms with E-state index >= 15 is 0 Å². The van der Waals surface area contributed by atoms with Gasteiger partial charge in [-0.05, 0) is 73.6 Å². The number of nitrogens with one attached hydrogen (secondary N) is 1. The Balaban J connectivity index is 1.53. The number of benzene rings is 1. The summed E-state index contributed by atoms with van der Waals surface area (Å²) in [6.07, 6.45) is 7.84. The van der Waals surface area contributed by atoms with Crippen LogP contribution in [0.4, 0.5) is 5.69 Å². The van der Waals surface area contributed by atoms with Crippen molar-refractivity contribution in [2.75, 3.05) is 12.3 Å². The number of nitrogens with zero attached hydrogens (tertiary/aromatic N) is 1. The number of carbonyl (C=O) groups excluding carboxylic acids is 1. The molecule has 0 fully saturated rings. The fourth-order valence-corrected chi connectivity index (χ4v) is 3.92. The van der Waals surface area contributed by atoms with Gasteiger partial charge in [-0.1, -0.05) is 12.1 Å². The maximum absolute atomic E-state index is 12.3. The molecule has 1 aromatic carbocycles. The number of rotatable bonds is 4. The molecule has 0 atom stereocenters. The first-order valence-electron chi connectivity index (χ1n) is 8.97. The van der Waals surface area contributed by atoms with Gasteiger partial charge in [-0.3, -0.25) is 4.79 Å². The van der Waals surface area contributed by atoms with Gasteiger partial charge in [-0.2, -0.15) is 0 Å². The van der Waals surface area contributed by atoms with Crippen molar-refractivity contribution in [3.8, 4) is 0 Å². The van der Waals surface area contributed by atoms with Gasteiger partial charge >= 0.3 is 0 Å². The van der Waals surface area contributed by atoms with Gasteiger partial charge < -0.3 is 15.5 Å². The molecule has 2 aromatic heterocycles. The Morgan fingerprint density at radius 2 is 2.00 bits per heavy atom. The Hall–Kier alpha value is -2.75. The molecule has 4 heteroatoms. The average molecular weight is 333 g/mol. The van der Waals surface area contributed by atoms with Crippen molar-refractivity contribution in [2.45, 2.75) is 32.1 Å². The van der Waals surface area contributed by atoms with Crippen LogP contribution in [-0.2, 0) is 19.3 Å². The van der Waals surface area contributed by atoms with E-state index in [1.807, 2.05) is 6.07 Å². The smallest absolute Gasteiger partial charge is 0.251 e. The fourth-order valence-electron chi connectivity index (χ4n) is 3.92. The molecule has 0 bridgehead atoms. The lowest BCUT2D eigenvalue weighted by Gasteiger charge is -2.13. The molecule has 0 spiro atoms.